The van der Waals surface area contributed by atoms with E-state index in [2.05, 4.69) is 34.6 Å². The van der Waals surface area contributed by atoms with Crippen molar-refractivity contribution in [1.29, 1.82) is 0 Å². The number of alkyl halides is 1. The van der Waals surface area contributed by atoms with Gasteiger partial charge in [-0.25, -0.2) is 4.39 Å². The van der Waals surface area contributed by atoms with Gasteiger partial charge < -0.3 is 0 Å². The van der Waals surface area contributed by atoms with Gasteiger partial charge in [0.05, 0.1) is 0 Å². The van der Waals surface area contributed by atoms with Gasteiger partial charge >= 0.3 is 0 Å². The first-order chi connectivity index (χ1) is 6.39. The van der Waals surface area contributed by atoms with Crippen molar-refractivity contribution in [3.8, 4) is 0 Å². The average molecular weight is 202 g/mol. The van der Waals surface area contributed by atoms with Crippen LogP contribution in [-0.2, 0) is 0 Å². The first-order valence-electron chi connectivity index (χ1n) is 6.08. The minimum absolute atomic E-state index is 0.163. The predicted molar refractivity (Wildman–Crippen MR) is 62.3 cm³/mol. The maximum absolute atomic E-state index is 14.8. The molecule has 0 unspecified atom stereocenters. The van der Waals surface area contributed by atoms with Gasteiger partial charge in [-0.2, -0.15) is 0 Å². The van der Waals surface area contributed by atoms with Gasteiger partial charge in [0.15, 0.2) is 0 Å². The summed E-state index contributed by atoms with van der Waals surface area (Å²) in [6, 6.07) is 0. The molecule has 0 aliphatic rings. The summed E-state index contributed by atoms with van der Waals surface area (Å²) in [5.41, 5.74) is -1.19. The minimum atomic E-state index is -1.03. The molecule has 0 nitrogen and oxygen atoms in total. The minimum Gasteiger partial charge on any atom is -0.243 e. The molecule has 86 valence electrons. The topological polar surface area (TPSA) is 0 Å². The third kappa shape index (κ3) is 2.29. The summed E-state index contributed by atoms with van der Waals surface area (Å²) in [6.07, 6.45) is 3.73. The van der Waals surface area contributed by atoms with Crippen LogP contribution in [0.15, 0.2) is 0 Å². The highest BCUT2D eigenvalue weighted by molar-refractivity contribution is 4.95. The molecule has 0 aliphatic heterocycles. The van der Waals surface area contributed by atoms with E-state index in [0.717, 1.165) is 25.7 Å². The molecule has 0 N–H and O–H groups in total. The van der Waals surface area contributed by atoms with E-state index in [1.807, 2.05) is 0 Å². The van der Waals surface area contributed by atoms with Crippen LogP contribution in [0.25, 0.3) is 0 Å². The second-order valence-corrected chi connectivity index (χ2v) is 4.86. The molecular weight excluding hydrogens is 175 g/mol. The molecule has 0 heterocycles. The van der Waals surface area contributed by atoms with Gasteiger partial charge in [-0.3, -0.25) is 0 Å². The lowest BCUT2D eigenvalue weighted by Gasteiger charge is -2.44. The Morgan fingerprint density at radius 3 is 1.50 bits per heavy atom. The van der Waals surface area contributed by atoms with E-state index in [9.17, 15) is 4.39 Å². The van der Waals surface area contributed by atoms with Gasteiger partial charge in [-0.1, -0.05) is 47.5 Å². The van der Waals surface area contributed by atoms with Crippen LogP contribution in [0.2, 0.25) is 0 Å². The molecule has 14 heavy (non-hydrogen) atoms. The fourth-order valence-corrected chi connectivity index (χ4v) is 2.49. The van der Waals surface area contributed by atoms with Crippen LogP contribution in [0.5, 0.6) is 0 Å². The summed E-state index contributed by atoms with van der Waals surface area (Å²) < 4.78 is 14.8. The van der Waals surface area contributed by atoms with E-state index in [0.29, 0.717) is 0 Å². The monoisotopic (exact) mass is 202 g/mol. The van der Waals surface area contributed by atoms with Crippen LogP contribution in [0, 0.1) is 11.3 Å². The smallest absolute Gasteiger partial charge is 0.116 e. The van der Waals surface area contributed by atoms with Crippen LogP contribution in [-0.4, -0.2) is 5.67 Å². The average Bonchev–Trinajstić information content (AvgIpc) is 2.17. The third-order valence-electron chi connectivity index (χ3n) is 4.49. The molecule has 0 aliphatic carbocycles. The van der Waals surface area contributed by atoms with Crippen LogP contribution in [0.3, 0.4) is 0 Å². The molecular formula is C13H27F. The molecule has 0 spiro atoms. The van der Waals surface area contributed by atoms with Gasteiger partial charge in [0.2, 0.25) is 0 Å². The Kier molecular flexibility index (Phi) is 5.11. The van der Waals surface area contributed by atoms with Crippen LogP contribution < -0.4 is 0 Å². The molecule has 0 saturated heterocycles. The van der Waals surface area contributed by atoms with Crippen LogP contribution in [0.1, 0.15) is 67.2 Å². The Morgan fingerprint density at radius 2 is 1.29 bits per heavy atom. The van der Waals surface area contributed by atoms with Gasteiger partial charge in [0.25, 0.3) is 0 Å². The van der Waals surface area contributed by atoms with Crippen molar-refractivity contribution in [3.63, 3.8) is 0 Å². The number of halogens is 1. The first-order valence-corrected chi connectivity index (χ1v) is 6.08. The molecule has 1 atom stereocenters. The second kappa shape index (κ2) is 5.14. The summed E-state index contributed by atoms with van der Waals surface area (Å²) in [5, 5.41) is 0. The third-order valence-corrected chi connectivity index (χ3v) is 4.49. The van der Waals surface area contributed by atoms with Crippen LogP contribution >= 0.6 is 0 Å². The van der Waals surface area contributed by atoms with E-state index in [4.69, 9.17) is 0 Å². The molecule has 0 bridgehead atoms. The largest absolute Gasteiger partial charge is 0.243 e. The normalized spacial score (nSPS) is 17.1. The fraction of sp³-hybridized carbons (Fsp3) is 1.00. The standard InChI is InChI=1S/C13H27F/c1-7-11(8-2)13(6,14)12(5,9-3)10-4/h11H,7-10H2,1-6H3/t13-/m0/s1. The van der Waals surface area contributed by atoms with E-state index >= 15 is 0 Å². The molecule has 0 fully saturated rings. The SMILES string of the molecule is CCC(CC)[C@](C)(F)C(C)(CC)CC. The quantitative estimate of drug-likeness (QED) is 0.570. The summed E-state index contributed by atoms with van der Waals surface area (Å²) in [6.45, 7) is 12.3. The maximum atomic E-state index is 14.8. The second-order valence-electron chi connectivity index (χ2n) is 4.86. The van der Waals surface area contributed by atoms with E-state index < -0.39 is 5.67 Å². The molecule has 1 heteroatoms. The lowest BCUT2D eigenvalue weighted by molar-refractivity contribution is -0.0417. The highest BCUT2D eigenvalue weighted by atomic mass is 19.1. The summed E-state index contributed by atoms with van der Waals surface area (Å²) in [7, 11) is 0. The zero-order valence-corrected chi connectivity index (χ0v) is 10.8. The van der Waals surface area contributed by atoms with Gasteiger partial charge in [0, 0.05) is 5.41 Å². The van der Waals surface area contributed by atoms with E-state index in [1.54, 1.807) is 6.92 Å². The lowest BCUT2D eigenvalue weighted by Crippen LogP contribution is -2.45. The summed E-state index contributed by atoms with van der Waals surface area (Å²) >= 11 is 0. The highest BCUT2D eigenvalue weighted by Gasteiger charge is 2.46. The van der Waals surface area contributed by atoms with Gasteiger partial charge in [0.1, 0.15) is 5.67 Å². The van der Waals surface area contributed by atoms with Crippen molar-refractivity contribution in [2.45, 2.75) is 72.9 Å². The van der Waals surface area contributed by atoms with E-state index in [1.165, 1.54) is 0 Å². The zero-order chi connectivity index (χ0) is 11.4. The first kappa shape index (κ1) is 13.9. The van der Waals surface area contributed by atoms with Crippen molar-refractivity contribution in [3.05, 3.63) is 0 Å². The van der Waals surface area contributed by atoms with Crippen molar-refractivity contribution < 1.29 is 4.39 Å². The maximum Gasteiger partial charge on any atom is 0.116 e. The number of rotatable bonds is 6. The Morgan fingerprint density at radius 1 is 0.929 bits per heavy atom. The Balaban J connectivity index is 4.88. The lowest BCUT2D eigenvalue weighted by atomic mass is 9.65. The molecule has 0 amide bonds. The highest BCUT2D eigenvalue weighted by Crippen LogP contribution is 2.47. The van der Waals surface area contributed by atoms with E-state index in [-0.39, 0.29) is 11.3 Å². The van der Waals surface area contributed by atoms with Gasteiger partial charge in [-0.05, 0) is 25.7 Å². The fourth-order valence-electron chi connectivity index (χ4n) is 2.49. The molecule has 0 rings (SSSR count). The van der Waals surface area contributed by atoms with Crippen molar-refractivity contribution >= 4 is 0 Å². The van der Waals surface area contributed by atoms with Crippen molar-refractivity contribution in [2.75, 3.05) is 0 Å². The Bertz CT molecular complexity index is 153. The van der Waals surface area contributed by atoms with Crippen molar-refractivity contribution in [2.24, 2.45) is 11.3 Å². The summed E-state index contributed by atoms with van der Waals surface area (Å²) in [4.78, 5) is 0. The Labute approximate surface area is 89.3 Å². The Hall–Kier alpha value is -0.0700. The summed E-state index contributed by atoms with van der Waals surface area (Å²) in [5.74, 6) is 0.201. The molecule has 0 saturated carbocycles. The number of hydrogen-bond acceptors (Lipinski definition) is 0. The molecule has 0 aromatic carbocycles. The van der Waals surface area contributed by atoms with Gasteiger partial charge in [-0.15, -0.1) is 0 Å². The molecule has 0 radical (unpaired) electrons. The zero-order valence-electron chi connectivity index (χ0n) is 10.8. The van der Waals surface area contributed by atoms with Crippen molar-refractivity contribution in [1.82, 2.24) is 0 Å². The molecule has 0 aromatic rings. The number of hydrogen-bond donors (Lipinski definition) is 0. The molecule has 0 aromatic heterocycles. The predicted octanol–water partition coefficient (Wildman–Crippen LogP) is 4.98. The van der Waals surface area contributed by atoms with Crippen LogP contribution in [0.4, 0.5) is 4.39 Å².